The summed E-state index contributed by atoms with van der Waals surface area (Å²) in [5.41, 5.74) is -1.01. The molecular weight excluding hydrogens is 354 g/mol. The van der Waals surface area contributed by atoms with Gasteiger partial charge in [0.15, 0.2) is 6.61 Å². The van der Waals surface area contributed by atoms with E-state index in [0.717, 1.165) is 9.04 Å². The number of hydrogen-bond acceptors (Lipinski definition) is 4. The first kappa shape index (κ1) is 16.0. The van der Waals surface area contributed by atoms with Crippen molar-refractivity contribution in [1.82, 2.24) is 9.13 Å². The molecule has 0 saturated heterocycles. The van der Waals surface area contributed by atoms with E-state index in [0.29, 0.717) is 5.75 Å². The molecule has 2 rings (SSSR count). The number of aromatic nitrogens is 2. The molecule has 1 heterocycles. The third-order valence-electron chi connectivity index (χ3n) is 2.96. The van der Waals surface area contributed by atoms with E-state index in [2.05, 4.69) is 21.2 Å². The average Bonchev–Trinajstić information content (AvgIpc) is 2.48. The number of hydrogen-bond donors (Lipinski definition) is 1. The second-order valence-corrected chi connectivity index (χ2v) is 5.48. The minimum atomic E-state index is -0.518. The molecule has 0 aliphatic carbocycles. The summed E-state index contributed by atoms with van der Waals surface area (Å²) in [4.78, 5) is 35.2. The third-order valence-corrected chi connectivity index (χ3v) is 3.45. The Morgan fingerprint density at radius 3 is 2.64 bits per heavy atom. The lowest BCUT2D eigenvalue weighted by Crippen LogP contribution is -2.38. The molecule has 116 valence electrons. The molecule has 1 N–H and O–H groups in total. The molecule has 8 heteroatoms. The second kappa shape index (κ2) is 6.61. The minimum absolute atomic E-state index is 0.121. The summed E-state index contributed by atoms with van der Waals surface area (Å²) in [6.07, 6.45) is 0. The van der Waals surface area contributed by atoms with Gasteiger partial charge < -0.3 is 10.1 Å². The van der Waals surface area contributed by atoms with Crippen LogP contribution in [0.4, 0.5) is 5.82 Å². The van der Waals surface area contributed by atoms with E-state index in [9.17, 15) is 14.4 Å². The van der Waals surface area contributed by atoms with E-state index in [1.165, 1.54) is 24.7 Å². The van der Waals surface area contributed by atoms with Gasteiger partial charge in [-0.25, -0.2) is 4.79 Å². The summed E-state index contributed by atoms with van der Waals surface area (Å²) in [6.45, 7) is -0.236. The molecule has 0 unspecified atom stereocenters. The molecule has 1 aromatic carbocycles. The van der Waals surface area contributed by atoms with E-state index in [1.54, 1.807) is 18.2 Å². The zero-order valence-electron chi connectivity index (χ0n) is 12.0. The molecule has 0 radical (unpaired) electrons. The van der Waals surface area contributed by atoms with Crippen LogP contribution in [-0.4, -0.2) is 21.6 Å². The minimum Gasteiger partial charge on any atom is -0.484 e. The fourth-order valence-corrected chi connectivity index (χ4v) is 2.12. The lowest BCUT2D eigenvalue weighted by atomic mass is 10.3. The summed E-state index contributed by atoms with van der Waals surface area (Å²) >= 11 is 3.30. The molecule has 0 aliphatic rings. The molecule has 22 heavy (non-hydrogen) atoms. The number of nitrogens with zero attached hydrogens (tertiary/aromatic N) is 2. The first-order valence-corrected chi connectivity index (χ1v) is 7.13. The zero-order valence-corrected chi connectivity index (χ0v) is 13.6. The van der Waals surface area contributed by atoms with Gasteiger partial charge in [0.1, 0.15) is 11.6 Å². The summed E-state index contributed by atoms with van der Waals surface area (Å²) in [5, 5.41) is 2.48. The Labute approximate surface area is 134 Å². The molecule has 0 aliphatic heterocycles. The Bertz CT molecular complexity index is 826. The molecule has 0 atom stereocenters. The molecule has 7 nitrogen and oxygen atoms in total. The highest BCUT2D eigenvalue weighted by Crippen LogP contribution is 2.17. The molecule has 1 amide bonds. The predicted octanol–water partition coefficient (Wildman–Crippen LogP) is 0.864. The highest BCUT2D eigenvalue weighted by atomic mass is 79.9. The van der Waals surface area contributed by atoms with Crippen LogP contribution in [0.2, 0.25) is 0 Å². The standard InChI is InChI=1S/C14H14BrN3O4/c1-17-11(7-13(20)18(2)14(17)21)16-12(19)8-22-10-5-3-4-9(15)6-10/h3-7H,8H2,1-2H3,(H,16,19). The average molecular weight is 368 g/mol. The maximum absolute atomic E-state index is 11.9. The number of anilines is 1. The van der Waals surface area contributed by atoms with Gasteiger partial charge >= 0.3 is 5.69 Å². The lowest BCUT2D eigenvalue weighted by molar-refractivity contribution is -0.118. The van der Waals surface area contributed by atoms with Crippen molar-refractivity contribution in [1.29, 1.82) is 0 Å². The molecule has 2 aromatic rings. The summed E-state index contributed by atoms with van der Waals surface area (Å²) in [6, 6.07) is 8.23. The van der Waals surface area contributed by atoms with Gasteiger partial charge in [-0.1, -0.05) is 22.0 Å². The molecule has 0 fully saturated rings. The first-order chi connectivity index (χ1) is 10.4. The van der Waals surface area contributed by atoms with Crippen molar-refractivity contribution in [3.8, 4) is 5.75 Å². The molecule has 0 bridgehead atoms. The fraction of sp³-hybridized carbons (Fsp3) is 0.214. The molecular formula is C14H14BrN3O4. The van der Waals surface area contributed by atoms with Crippen molar-refractivity contribution >= 4 is 27.7 Å². The smallest absolute Gasteiger partial charge is 0.332 e. The van der Waals surface area contributed by atoms with Crippen LogP contribution in [0.15, 0.2) is 44.4 Å². The van der Waals surface area contributed by atoms with Crippen molar-refractivity contribution in [2.24, 2.45) is 14.1 Å². The zero-order chi connectivity index (χ0) is 16.3. The Morgan fingerprint density at radius 2 is 1.95 bits per heavy atom. The first-order valence-electron chi connectivity index (χ1n) is 6.34. The Morgan fingerprint density at radius 1 is 1.23 bits per heavy atom. The van der Waals surface area contributed by atoms with Gasteiger partial charge in [0.05, 0.1) is 0 Å². The van der Waals surface area contributed by atoms with Gasteiger partial charge in [-0.15, -0.1) is 0 Å². The quantitative estimate of drug-likeness (QED) is 0.868. The Balaban J connectivity index is 2.07. The Kier molecular flexibility index (Phi) is 4.81. The van der Waals surface area contributed by atoms with Crippen molar-refractivity contribution in [2.75, 3.05) is 11.9 Å². The lowest BCUT2D eigenvalue weighted by Gasteiger charge is -2.11. The van der Waals surface area contributed by atoms with Crippen molar-refractivity contribution < 1.29 is 9.53 Å². The number of benzene rings is 1. The van der Waals surface area contributed by atoms with E-state index < -0.39 is 17.2 Å². The van der Waals surface area contributed by atoms with Crippen LogP contribution in [0.5, 0.6) is 5.75 Å². The fourth-order valence-electron chi connectivity index (χ4n) is 1.74. The number of rotatable bonds is 4. The van der Waals surface area contributed by atoms with Crippen LogP contribution >= 0.6 is 15.9 Å². The summed E-state index contributed by atoms with van der Waals surface area (Å²) < 4.78 is 8.30. The normalized spacial score (nSPS) is 10.3. The monoisotopic (exact) mass is 367 g/mol. The topological polar surface area (TPSA) is 82.3 Å². The maximum Gasteiger partial charge on any atom is 0.332 e. The van der Waals surface area contributed by atoms with Crippen LogP contribution in [0.1, 0.15) is 0 Å². The van der Waals surface area contributed by atoms with Gasteiger partial charge in [0, 0.05) is 24.6 Å². The maximum atomic E-state index is 11.9. The van der Waals surface area contributed by atoms with Crippen LogP contribution in [0.3, 0.4) is 0 Å². The second-order valence-electron chi connectivity index (χ2n) is 4.56. The third kappa shape index (κ3) is 3.64. The van der Waals surface area contributed by atoms with Gasteiger partial charge in [-0.2, -0.15) is 0 Å². The van der Waals surface area contributed by atoms with Crippen molar-refractivity contribution in [2.45, 2.75) is 0 Å². The molecule has 1 aromatic heterocycles. The van der Waals surface area contributed by atoms with Crippen molar-refractivity contribution in [3.63, 3.8) is 0 Å². The van der Waals surface area contributed by atoms with Crippen molar-refractivity contribution in [3.05, 3.63) is 55.6 Å². The van der Waals surface area contributed by atoms with Gasteiger partial charge in [0.2, 0.25) is 0 Å². The van der Waals surface area contributed by atoms with Crippen LogP contribution in [0.25, 0.3) is 0 Å². The summed E-state index contributed by atoms with van der Waals surface area (Å²) in [7, 11) is 2.83. The van der Waals surface area contributed by atoms with E-state index in [1.807, 2.05) is 6.07 Å². The van der Waals surface area contributed by atoms with Gasteiger partial charge in [-0.3, -0.25) is 18.7 Å². The number of amides is 1. The number of ether oxygens (including phenoxy) is 1. The highest BCUT2D eigenvalue weighted by molar-refractivity contribution is 9.10. The van der Waals surface area contributed by atoms with Gasteiger partial charge in [0.25, 0.3) is 11.5 Å². The van der Waals surface area contributed by atoms with Crippen LogP contribution in [-0.2, 0) is 18.9 Å². The van der Waals surface area contributed by atoms with E-state index in [4.69, 9.17) is 4.74 Å². The molecule has 0 saturated carbocycles. The number of nitrogens with one attached hydrogen (secondary N) is 1. The number of carbonyl (C=O) groups excluding carboxylic acids is 1. The highest BCUT2D eigenvalue weighted by Gasteiger charge is 2.10. The number of carbonyl (C=O) groups is 1. The number of halogens is 1. The predicted molar refractivity (Wildman–Crippen MR) is 85.2 cm³/mol. The van der Waals surface area contributed by atoms with E-state index >= 15 is 0 Å². The molecule has 0 spiro atoms. The SMILES string of the molecule is Cn1c(NC(=O)COc2cccc(Br)c2)cc(=O)n(C)c1=O. The van der Waals surface area contributed by atoms with Crippen LogP contribution < -0.4 is 21.3 Å². The summed E-state index contributed by atoms with van der Waals surface area (Å²) in [5.74, 6) is 0.182. The Hall–Kier alpha value is -2.35. The van der Waals surface area contributed by atoms with Crippen LogP contribution in [0, 0.1) is 0 Å². The largest absolute Gasteiger partial charge is 0.484 e. The van der Waals surface area contributed by atoms with E-state index in [-0.39, 0.29) is 12.4 Å². The van der Waals surface area contributed by atoms with Gasteiger partial charge in [-0.05, 0) is 18.2 Å².